The minimum atomic E-state index is -3.96. The Morgan fingerprint density at radius 2 is 1.62 bits per heavy atom. The van der Waals surface area contributed by atoms with E-state index in [0.29, 0.717) is 0 Å². The van der Waals surface area contributed by atoms with Crippen molar-refractivity contribution in [1.82, 2.24) is 0 Å². The average Bonchev–Trinajstić information content (AvgIpc) is 2.60. The zero-order chi connectivity index (χ0) is 19.4. The van der Waals surface area contributed by atoms with Crippen LogP contribution in [0.1, 0.15) is 12.5 Å². The molecule has 0 heterocycles. The van der Waals surface area contributed by atoms with E-state index in [1.165, 1.54) is 36.4 Å². The molecule has 0 aliphatic rings. The van der Waals surface area contributed by atoms with Gasteiger partial charge in [-0.25, -0.2) is 16.8 Å². The number of hydrogen-bond donors (Lipinski definition) is 0. The van der Waals surface area contributed by atoms with Gasteiger partial charge < -0.3 is 0 Å². The minimum absolute atomic E-state index is 0.0570. The number of nitrogens with zero attached hydrogens (tertiary/aromatic N) is 1. The molecule has 0 N–H and O–H groups in total. The van der Waals surface area contributed by atoms with Crippen LogP contribution in [0.4, 0.5) is 5.69 Å². The highest BCUT2D eigenvalue weighted by atomic mass is 32.2. The van der Waals surface area contributed by atoms with Crippen LogP contribution in [0.15, 0.2) is 82.5 Å². The van der Waals surface area contributed by atoms with Gasteiger partial charge in [0, 0.05) is 5.41 Å². The number of allylic oxidation sites excluding steroid dienone is 1. The molecule has 0 saturated carbocycles. The van der Waals surface area contributed by atoms with Crippen LogP contribution < -0.4 is 4.31 Å². The normalized spacial score (nSPS) is 12.2. The Labute approximate surface area is 155 Å². The van der Waals surface area contributed by atoms with Crippen LogP contribution in [0.5, 0.6) is 0 Å². The standard InChI is InChI=1S/C19H21NO4S2/c1-4-14-20(26(23,24)17-12-10-16(3)11-13-17)18-8-6-7-9-19(18)25(21,22)15-5-2/h4-13,15H,1,14H2,2-3H3/b15-5+. The molecule has 0 spiro atoms. The lowest BCUT2D eigenvalue weighted by molar-refractivity contribution is 0.592. The quantitative estimate of drug-likeness (QED) is 0.675. The van der Waals surface area contributed by atoms with Crippen molar-refractivity contribution in [2.45, 2.75) is 23.6 Å². The van der Waals surface area contributed by atoms with Gasteiger partial charge in [-0.1, -0.05) is 42.0 Å². The molecule has 26 heavy (non-hydrogen) atoms. The smallest absolute Gasteiger partial charge is 0.261 e. The fourth-order valence-corrected chi connectivity index (χ4v) is 5.19. The SMILES string of the molecule is C=CCN(c1ccccc1S(=O)(=O)/C=C/C)S(=O)(=O)c1ccc(C)cc1. The molecule has 0 unspecified atom stereocenters. The summed E-state index contributed by atoms with van der Waals surface area (Å²) in [5, 5.41) is 1.05. The molecule has 5 nitrogen and oxygen atoms in total. The third-order valence-corrected chi connectivity index (χ3v) is 7.04. The molecule has 0 fully saturated rings. The third-order valence-electron chi connectivity index (χ3n) is 3.66. The second-order valence-corrected chi connectivity index (χ2v) is 9.28. The Hall–Kier alpha value is -2.38. The molecule has 0 atom stereocenters. The lowest BCUT2D eigenvalue weighted by Crippen LogP contribution is -2.32. The maximum atomic E-state index is 13.1. The summed E-state index contributed by atoms with van der Waals surface area (Å²) >= 11 is 0. The van der Waals surface area contributed by atoms with Crippen molar-refractivity contribution in [2.24, 2.45) is 0 Å². The topological polar surface area (TPSA) is 71.5 Å². The minimum Gasteiger partial charge on any atom is -0.261 e. The Morgan fingerprint density at radius 1 is 1.00 bits per heavy atom. The zero-order valence-corrected chi connectivity index (χ0v) is 16.3. The molecule has 2 aromatic carbocycles. The number of hydrogen-bond acceptors (Lipinski definition) is 4. The summed E-state index contributed by atoms with van der Waals surface area (Å²) in [6, 6.07) is 12.4. The summed E-state index contributed by atoms with van der Waals surface area (Å²) in [4.78, 5) is 0.0128. The number of aryl methyl sites for hydroxylation is 1. The zero-order valence-electron chi connectivity index (χ0n) is 14.7. The molecule has 0 aromatic heterocycles. The summed E-state index contributed by atoms with van der Waals surface area (Å²) < 4.78 is 52.4. The van der Waals surface area contributed by atoms with Crippen LogP contribution >= 0.6 is 0 Å². The van der Waals surface area contributed by atoms with Crippen LogP contribution in [0.2, 0.25) is 0 Å². The molecule has 138 valence electrons. The highest BCUT2D eigenvalue weighted by Crippen LogP contribution is 2.31. The van der Waals surface area contributed by atoms with Crippen molar-refractivity contribution in [3.8, 4) is 0 Å². The maximum absolute atomic E-state index is 13.1. The largest absolute Gasteiger partial charge is 0.264 e. The first-order chi connectivity index (χ1) is 12.2. The van der Waals surface area contributed by atoms with E-state index < -0.39 is 19.9 Å². The summed E-state index contributed by atoms with van der Waals surface area (Å²) in [7, 11) is -7.73. The molecule has 0 saturated heterocycles. The van der Waals surface area contributed by atoms with Gasteiger partial charge in [0.1, 0.15) is 0 Å². The van der Waals surface area contributed by atoms with Gasteiger partial charge in [0.05, 0.1) is 22.0 Å². The van der Waals surface area contributed by atoms with E-state index in [4.69, 9.17) is 0 Å². The summed E-state index contributed by atoms with van der Waals surface area (Å²) in [5.41, 5.74) is 1.02. The monoisotopic (exact) mass is 391 g/mol. The first-order valence-corrected chi connectivity index (χ1v) is 10.9. The van der Waals surface area contributed by atoms with E-state index in [0.717, 1.165) is 15.3 Å². The molecule has 2 rings (SSSR count). The van der Waals surface area contributed by atoms with E-state index in [1.807, 2.05) is 6.92 Å². The van der Waals surface area contributed by atoms with E-state index >= 15 is 0 Å². The summed E-state index contributed by atoms with van der Waals surface area (Å²) in [5.74, 6) is 0. The van der Waals surface area contributed by atoms with Gasteiger partial charge in [0.15, 0.2) is 0 Å². The maximum Gasteiger partial charge on any atom is 0.264 e. The second kappa shape index (κ2) is 7.88. The predicted molar refractivity (Wildman–Crippen MR) is 104 cm³/mol. The Morgan fingerprint density at radius 3 is 2.19 bits per heavy atom. The highest BCUT2D eigenvalue weighted by molar-refractivity contribution is 7.95. The average molecular weight is 392 g/mol. The van der Waals surface area contributed by atoms with E-state index in [2.05, 4.69) is 6.58 Å². The fourth-order valence-electron chi connectivity index (χ4n) is 2.44. The van der Waals surface area contributed by atoms with Gasteiger partial charge >= 0.3 is 0 Å². The lowest BCUT2D eigenvalue weighted by Gasteiger charge is -2.25. The van der Waals surface area contributed by atoms with Gasteiger partial charge in [-0.05, 0) is 38.1 Å². The third kappa shape index (κ3) is 4.05. The Kier molecular flexibility index (Phi) is 6.05. The van der Waals surface area contributed by atoms with Crippen LogP contribution in [0.3, 0.4) is 0 Å². The van der Waals surface area contributed by atoms with Crippen LogP contribution in [-0.2, 0) is 19.9 Å². The molecular formula is C19H21NO4S2. The summed E-state index contributed by atoms with van der Waals surface area (Å²) in [6.45, 7) is 6.99. The molecule has 0 radical (unpaired) electrons. The summed E-state index contributed by atoms with van der Waals surface area (Å²) in [6.07, 6.45) is 2.82. The second-order valence-electron chi connectivity index (χ2n) is 5.62. The van der Waals surface area contributed by atoms with Crippen molar-refractivity contribution in [1.29, 1.82) is 0 Å². The van der Waals surface area contributed by atoms with Crippen molar-refractivity contribution < 1.29 is 16.8 Å². The van der Waals surface area contributed by atoms with Gasteiger partial charge in [0.25, 0.3) is 10.0 Å². The van der Waals surface area contributed by atoms with Gasteiger partial charge in [-0.3, -0.25) is 4.31 Å². The number of anilines is 1. The molecule has 0 amide bonds. The number of sulfone groups is 1. The Balaban J connectivity index is 2.69. The van der Waals surface area contributed by atoms with Gasteiger partial charge in [-0.2, -0.15) is 0 Å². The van der Waals surface area contributed by atoms with Crippen LogP contribution in [0, 0.1) is 6.92 Å². The predicted octanol–water partition coefficient (Wildman–Crippen LogP) is 3.68. The van der Waals surface area contributed by atoms with Crippen molar-refractivity contribution in [3.63, 3.8) is 0 Å². The van der Waals surface area contributed by atoms with E-state index in [-0.39, 0.29) is 22.0 Å². The van der Waals surface area contributed by atoms with Gasteiger partial charge in [0.2, 0.25) is 9.84 Å². The first kappa shape index (κ1) is 19.9. The molecule has 2 aromatic rings. The van der Waals surface area contributed by atoms with Crippen molar-refractivity contribution >= 4 is 25.5 Å². The molecule has 0 aliphatic carbocycles. The molecular weight excluding hydrogens is 370 g/mol. The molecule has 0 aliphatic heterocycles. The fraction of sp³-hybridized carbons (Fsp3) is 0.158. The number of benzene rings is 2. The highest BCUT2D eigenvalue weighted by Gasteiger charge is 2.28. The van der Waals surface area contributed by atoms with Crippen molar-refractivity contribution in [3.05, 3.63) is 78.2 Å². The van der Waals surface area contributed by atoms with E-state index in [1.54, 1.807) is 31.2 Å². The number of sulfonamides is 1. The first-order valence-electron chi connectivity index (χ1n) is 7.91. The van der Waals surface area contributed by atoms with E-state index in [9.17, 15) is 16.8 Å². The Bertz CT molecular complexity index is 1020. The molecule has 7 heteroatoms. The van der Waals surface area contributed by atoms with Crippen molar-refractivity contribution in [2.75, 3.05) is 10.8 Å². The number of para-hydroxylation sites is 1. The van der Waals surface area contributed by atoms with Crippen LogP contribution in [0.25, 0.3) is 0 Å². The number of rotatable bonds is 7. The lowest BCUT2D eigenvalue weighted by atomic mass is 10.2. The van der Waals surface area contributed by atoms with Crippen LogP contribution in [-0.4, -0.2) is 23.4 Å². The molecule has 0 bridgehead atoms. The van der Waals surface area contributed by atoms with Gasteiger partial charge in [-0.15, -0.1) is 6.58 Å².